The minimum Gasteiger partial charge on any atom is -0.480 e. The smallest absolute Gasteiger partial charge is 0.326 e. The van der Waals surface area contributed by atoms with Gasteiger partial charge in [0.1, 0.15) is 12.1 Å². The van der Waals surface area contributed by atoms with Crippen LogP contribution in [0.3, 0.4) is 0 Å². The van der Waals surface area contributed by atoms with E-state index in [1.54, 1.807) is 13.8 Å². The van der Waals surface area contributed by atoms with Crippen LogP contribution >= 0.6 is 0 Å². The first-order chi connectivity index (χ1) is 10.7. The largest absolute Gasteiger partial charge is 0.480 e. The molecule has 3 atom stereocenters. The number of aliphatic hydroxyl groups is 1. The monoisotopic (exact) mass is 332 g/mol. The van der Waals surface area contributed by atoms with Crippen molar-refractivity contribution in [2.24, 2.45) is 17.4 Å². The van der Waals surface area contributed by atoms with E-state index in [1.165, 1.54) is 0 Å². The molecule has 0 bridgehead atoms. The van der Waals surface area contributed by atoms with Gasteiger partial charge in [0.15, 0.2) is 0 Å². The molecule has 0 radical (unpaired) electrons. The van der Waals surface area contributed by atoms with Crippen LogP contribution in [0, 0.1) is 5.92 Å². The van der Waals surface area contributed by atoms with Gasteiger partial charge in [0.25, 0.3) is 0 Å². The normalized spacial score (nSPS) is 14.9. The van der Waals surface area contributed by atoms with Crippen LogP contribution in [0.2, 0.25) is 0 Å². The Morgan fingerprint density at radius 1 is 1.04 bits per heavy atom. The summed E-state index contributed by atoms with van der Waals surface area (Å²) in [4.78, 5) is 35.0. The highest BCUT2D eigenvalue weighted by Crippen LogP contribution is 2.02. The molecule has 8 N–H and O–H groups in total. The number of carbonyl (C=O) groups is 3. The van der Waals surface area contributed by atoms with Gasteiger partial charge in [-0.05, 0) is 31.7 Å². The Labute approximate surface area is 135 Å². The fraction of sp³-hybridized carbons (Fsp3) is 0.786. The summed E-state index contributed by atoms with van der Waals surface area (Å²) < 4.78 is 0. The fourth-order valence-electron chi connectivity index (χ4n) is 1.79. The molecular weight excluding hydrogens is 304 g/mol. The Balaban J connectivity index is 4.67. The molecule has 0 rings (SSSR count). The molecule has 0 aromatic carbocycles. The highest BCUT2D eigenvalue weighted by Gasteiger charge is 2.27. The molecule has 23 heavy (non-hydrogen) atoms. The first kappa shape index (κ1) is 21.3. The number of carboxylic acid groups (broad SMARTS) is 1. The zero-order chi connectivity index (χ0) is 18.0. The summed E-state index contributed by atoms with van der Waals surface area (Å²) in [7, 11) is 0. The van der Waals surface area contributed by atoms with Crippen LogP contribution in [0.5, 0.6) is 0 Å². The number of nitrogens with one attached hydrogen (secondary N) is 2. The number of nitrogens with two attached hydrogens (primary N) is 2. The first-order valence-electron chi connectivity index (χ1n) is 7.64. The molecule has 0 aromatic heterocycles. The number of carboxylic acids is 1. The van der Waals surface area contributed by atoms with Crippen LogP contribution in [-0.2, 0) is 14.4 Å². The van der Waals surface area contributed by atoms with Gasteiger partial charge in [0.05, 0.1) is 12.6 Å². The summed E-state index contributed by atoms with van der Waals surface area (Å²) in [6, 6.07) is -3.17. The lowest BCUT2D eigenvalue weighted by molar-refractivity contribution is -0.142. The van der Waals surface area contributed by atoms with Crippen molar-refractivity contribution in [2.75, 3.05) is 13.2 Å². The molecule has 9 nitrogen and oxygen atoms in total. The summed E-state index contributed by atoms with van der Waals surface area (Å²) >= 11 is 0. The number of aliphatic carboxylic acids is 1. The molecule has 0 aromatic rings. The van der Waals surface area contributed by atoms with E-state index in [0.29, 0.717) is 19.4 Å². The highest BCUT2D eigenvalue weighted by atomic mass is 16.4. The van der Waals surface area contributed by atoms with Crippen molar-refractivity contribution < 1.29 is 24.6 Å². The third kappa shape index (κ3) is 7.91. The molecule has 0 aliphatic carbocycles. The van der Waals surface area contributed by atoms with Gasteiger partial charge in [-0.1, -0.05) is 13.8 Å². The number of carbonyl (C=O) groups excluding carboxylic acids is 2. The third-order valence-corrected chi connectivity index (χ3v) is 3.40. The topological polar surface area (TPSA) is 168 Å². The van der Waals surface area contributed by atoms with Crippen LogP contribution in [0.1, 0.15) is 33.1 Å². The Kier molecular flexibility index (Phi) is 10.1. The molecule has 0 aliphatic heterocycles. The predicted molar refractivity (Wildman–Crippen MR) is 84.3 cm³/mol. The van der Waals surface area contributed by atoms with E-state index >= 15 is 0 Å². The van der Waals surface area contributed by atoms with Crippen molar-refractivity contribution in [3.05, 3.63) is 0 Å². The summed E-state index contributed by atoms with van der Waals surface area (Å²) in [6.07, 6.45) is 1.40. The zero-order valence-corrected chi connectivity index (χ0v) is 13.6. The van der Waals surface area contributed by atoms with Gasteiger partial charge in [-0.15, -0.1) is 0 Å². The minimum absolute atomic E-state index is 0.138. The lowest BCUT2D eigenvalue weighted by Gasteiger charge is -2.22. The standard InChI is InChI=1S/C14H28N4O5/c1-8(2)11(16)13(21)18-10(7-19)12(20)17-9(14(22)23)5-3-4-6-15/h8-11,19H,3-7,15-16H2,1-2H3,(H,17,20)(H,18,21)(H,22,23). The molecule has 0 spiro atoms. The summed E-state index contributed by atoms with van der Waals surface area (Å²) in [5.41, 5.74) is 11.0. The van der Waals surface area contributed by atoms with E-state index in [9.17, 15) is 19.5 Å². The van der Waals surface area contributed by atoms with Crippen LogP contribution in [0.25, 0.3) is 0 Å². The molecule has 134 valence electrons. The van der Waals surface area contributed by atoms with E-state index in [2.05, 4.69) is 10.6 Å². The highest BCUT2D eigenvalue weighted by molar-refractivity contribution is 5.91. The quantitative estimate of drug-likeness (QED) is 0.241. The molecule has 0 heterocycles. The van der Waals surface area contributed by atoms with Crippen molar-refractivity contribution in [1.82, 2.24) is 10.6 Å². The average Bonchev–Trinajstić information content (AvgIpc) is 2.50. The summed E-state index contributed by atoms with van der Waals surface area (Å²) in [5.74, 6) is -2.67. The number of rotatable bonds is 11. The van der Waals surface area contributed by atoms with Crippen molar-refractivity contribution >= 4 is 17.8 Å². The van der Waals surface area contributed by atoms with Crippen LogP contribution in [0.4, 0.5) is 0 Å². The van der Waals surface area contributed by atoms with E-state index in [4.69, 9.17) is 16.6 Å². The molecular formula is C14H28N4O5. The number of aliphatic hydroxyl groups excluding tert-OH is 1. The minimum atomic E-state index is -1.25. The fourth-order valence-corrected chi connectivity index (χ4v) is 1.79. The number of hydrogen-bond donors (Lipinski definition) is 6. The molecule has 0 saturated heterocycles. The maximum Gasteiger partial charge on any atom is 0.326 e. The van der Waals surface area contributed by atoms with E-state index in [1.807, 2.05) is 0 Å². The molecule has 0 saturated carbocycles. The summed E-state index contributed by atoms with van der Waals surface area (Å²) in [6.45, 7) is 3.27. The Morgan fingerprint density at radius 2 is 1.61 bits per heavy atom. The maximum atomic E-state index is 12.0. The third-order valence-electron chi connectivity index (χ3n) is 3.40. The van der Waals surface area contributed by atoms with Gasteiger partial charge in [-0.3, -0.25) is 9.59 Å². The maximum absolute atomic E-state index is 12.0. The second-order valence-corrected chi connectivity index (χ2v) is 5.70. The number of amides is 2. The molecule has 0 aliphatic rings. The Morgan fingerprint density at radius 3 is 2.04 bits per heavy atom. The lowest BCUT2D eigenvalue weighted by Crippen LogP contribution is -2.56. The molecule has 0 fully saturated rings. The van der Waals surface area contributed by atoms with Crippen LogP contribution in [0.15, 0.2) is 0 Å². The second-order valence-electron chi connectivity index (χ2n) is 5.70. The van der Waals surface area contributed by atoms with E-state index in [-0.39, 0.29) is 12.3 Å². The van der Waals surface area contributed by atoms with Crippen molar-refractivity contribution in [3.8, 4) is 0 Å². The van der Waals surface area contributed by atoms with Gasteiger partial charge < -0.3 is 32.3 Å². The summed E-state index contributed by atoms with van der Waals surface area (Å²) in [5, 5.41) is 23.0. The second kappa shape index (κ2) is 10.9. The lowest BCUT2D eigenvalue weighted by atomic mass is 10.0. The van der Waals surface area contributed by atoms with Gasteiger partial charge >= 0.3 is 5.97 Å². The molecule has 9 heteroatoms. The van der Waals surface area contributed by atoms with Gasteiger partial charge in [0, 0.05) is 0 Å². The zero-order valence-electron chi connectivity index (χ0n) is 13.6. The SMILES string of the molecule is CC(C)C(N)C(=O)NC(CO)C(=O)NC(CCCCN)C(=O)O. The average molecular weight is 332 g/mol. The van der Waals surface area contributed by atoms with Gasteiger partial charge in [-0.25, -0.2) is 4.79 Å². The van der Waals surface area contributed by atoms with Crippen molar-refractivity contribution in [3.63, 3.8) is 0 Å². The van der Waals surface area contributed by atoms with Gasteiger partial charge in [-0.2, -0.15) is 0 Å². The molecule has 3 unspecified atom stereocenters. The predicted octanol–water partition coefficient (Wildman–Crippen LogP) is -1.85. The van der Waals surface area contributed by atoms with E-state index < -0.39 is 42.5 Å². The van der Waals surface area contributed by atoms with Gasteiger partial charge in [0.2, 0.25) is 11.8 Å². The van der Waals surface area contributed by atoms with Crippen molar-refractivity contribution in [1.29, 1.82) is 0 Å². The Hall–Kier alpha value is -1.71. The van der Waals surface area contributed by atoms with Crippen LogP contribution < -0.4 is 22.1 Å². The first-order valence-corrected chi connectivity index (χ1v) is 7.64. The Bertz CT molecular complexity index is 403. The van der Waals surface area contributed by atoms with Crippen LogP contribution in [-0.4, -0.2) is 59.3 Å². The van der Waals surface area contributed by atoms with E-state index in [0.717, 1.165) is 0 Å². The molecule has 2 amide bonds. The number of unbranched alkanes of at least 4 members (excludes halogenated alkanes) is 1. The van der Waals surface area contributed by atoms with Crippen molar-refractivity contribution in [2.45, 2.75) is 51.2 Å². The number of hydrogen-bond acceptors (Lipinski definition) is 6.